The van der Waals surface area contributed by atoms with Crippen LogP contribution in [0.2, 0.25) is 0 Å². The van der Waals surface area contributed by atoms with E-state index in [4.69, 9.17) is 15.6 Å². The van der Waals surface area contributed by atoms with E-state index in [-0.39, 0.29) is 19.2 Å². The molecule has 0 bridgehead atoms. The lowest BCUT2D eigenvalue weighted by Gasteiger charge is -2.27. The molecule has 1 amide bonds. The van der Waals surface area contributed by atoms with E-state index in [9.17, 15) is 14.4 Å². The van der Waals surface area contributed by atoms with E-state index in [0.717, 1.165) is 0 Å². The molecule has 0 aromatic heterocycles. The number of nitrogens with zero attached hydrogens (tertiary/aromatic N) is 1. The molecule has 104 valence electrons. The zero-order valence-electron chi connectivity index (χ0n) is 10.9. The first kappa shape index (κ1) is 16.4. The lowest BCUT2D eigenvalue weighted by atomic mass is 10.1. The predicted molar refractivity (Wildman–Crippen MR) is 63.7 cm³/mol. The minimum atomic E-state index is -1.16. The van der Waals surface area contributed by atoms with Gasteiger partial charge >= 0.3 is 11.9 Å². The fourth-order valence-corrected chi connectivity index (χ4v) is 1.35. The lowest BCUT2D eigenvalue weighted by molar-refractivity contribution is -0.151. The van der Waals surface area contributed by atoms with Crippen molar-refractivity contribution in [1.82, 2.24) is 4.90 Å². The van der Waals surface area contributed by atoms with Gasteiger partial charge in [-0.2, -0.15) is 0 Å². The van der Waals surface area contributed by atoms with Crippen molar-refractivity contribution in [2.45, 2.75) is 39.3 Å². The van der Waals surface area contributed by atoms with E-state index in [1.807, 2.05) is 0 Å². The first-order chi connectivity index (χ1) is 8.29. The third-order valence-electron chi connectivity index (χ3n) is 2.22. The number of hydrogen-bond acceptors (Lipinski definition) is 5. The van der Waals surface area contributed by atoms with Crippen LogP contribution in [0.15, 0.2) is 0 Å². The average Bonchev–Trinajstić information content (AvgIpc) is 2.24. The van der Waals surface area contributed by atoms with Crippen molar-refractivity contribution in [3.63, 3.8) is 0 Å². The quantitative estimate of drug-likeness (QED) is 0.602. The standard InChI is InChI=1S/C11H20N2O5/c1-4-18-10(16)6-13(7(2)3)11(17)8(12)5-9(14)15/h7-8H,4-6,12H2,1-3H3,(H,14,15). The Kier molecular flexibility index (Phi) is 6.96. The highest BCUT2D eigenvalue weighted by molar-refractivity contribution is 5.88. The minimum Gasteiger partial charge on any atom is -0.481 e. The van der Waals surface area contributed by atoms with E-state index in [1.54, 1.807) is 20.8 Å². The maximum atomic E-state index is 11.9. The Hall–Kier alpha value is -1.63. The second kappa shape index (κ2) is 7.65. The Morgan fingerprint density at radius 1 is 1.33 bits per heavy atom. The molecule has 1 unspecified atom stereocenters. The van der Waals surface area contributed by atoms with E-state index < -0.39 is 30.3 Å². The maximum absolute atomic E-state index is 11.9. The summed E-state index contributed by atoms with van der Waals surface area (Å²) in [6, 6.07) is -1.42. The molecule has 7 nitrogen and oxygen atoms in total. The van der Waals surface area contributed by atoms with E-state index >= 15 is 0 Å². The van der Waals surface area contributed by atoms with Crippen molar-refractivity contribution in [3.8, 4) is 0 Å². The van der Waals surface area contributed by atoms with Gasteiger partial charge in [-0.1, -0.05) is 0 Å². The summed E-state index contributed by atoms with van der Waals surface area (Å²) in [5, 5.41) is 8.58. The monoisotopic (exact) mass is 260 g/mol. The van der Waals surface area contributed by atoms with Crippen LogP contribution in [-0.4, -0.2) is 53.1 Å². The third kappa shape index (κ3) is 5.62. The molecule has 0 radical (unpaired) electrons. The molecule has 0 saturated heterocycles. The molecule has 0 aromatic carbocycles. The second-order valence-electron chi connectivity index (χ2n) is 4.07. The normalized spacial score (nSPS) is 12.1. The van der Waals surface area contributed by atoms with E-state index in [1.165, 1.54) is 4.90 Å². The molecule has 0 saturated carbocycles. The summed E-state index contributed by atoms with van der Waals surface area (Å²) in [6.45, 7) is 5.09. The number of carboxylic acids is 1. The smallest absolute Gasteiger partial charge is 0.325 e. The SMILES string of the molecule is CCOC(=O)CN(C(=O)C(N)CC(=O)O)C(C)C. The largest absolute Gasteiger partial charge is 0.481 e. The first-order valence-corrected chi connectivity index (χ1v) is 5.73. The Bertz CT molecular complexity index is 317. The molecule has 3 N–H and O–H groups in total. The van der Waals surface area contributed by atoms with Crippen molar-refractivity contribution in [2.75, 3.05) is 13.2 Å². The molecule has 0 aliphatic heterocycles. The van der Waals surface area contributed by atoms with Crippen molar-refractivity contribution in [2.24, 2.45) is 5.73 Å². The molecule has 0 fully saturated rings. The second-order valence-corrected chi connectivity index (χ2v) is 4.07. The summed E-state index contributed by atoms with van der Waals surface area (Å²) in [4.78, 5) is 34.9. The van der Waals surface area contributed by atoms with Crippen LogP contribution in [0.5, 0.6) is 0 Å². The van der Waals surface area contributed by atoms with Crippen molar-refractivity contribution in [3.05, 3.63) is 0 Å². The zero-order chi connectivity index (χ0) is 14.3. The summed E-state index contributed by atoms with van der Waals surface area (Å²) in [6.07, 6.45) is -0.467. The van der Waals surface area contributed by atoms with Gasteiger partial charge < -0.3 is 20.5 Å². The zero-order valence-corrected chi connectivity index (χ0v) is 10.9. The van der Waals surface area contributed by atoms with Crippen LogP contribution in [0, 0.1) is 0 Å². The van der Waals surface area contributed by atoms with Crippen molar-refractivity contribution >= 4 is 17.8 Å². The number of ether oxygens (including phenoxy) is 1. The molecular formula is C11H20N2O5. The highest BCUT2D eigenvalue weighted by Gasteiger charge is 2.27. The summed E-state index contributed by atoms with van der Waals surface area (Å²) in [5.74, 6) is -2.27. The molecular weight excluding hydrogens is 240 g/mol. The van der Waals surface area contributed by atoms with Crippen LogP contribution in [0.25, 0.3) is 0 Å². The van der Waals surface area contributed by atoms with Gasteiger partial charge in [0, 0.05) is 6.04 Å². The number of rotatable bonds is 7. The molecule has 0 aliphatic rings. The Morgan fingerprint density at radius 2 is 1.89 bits per heavy atom. The van der Waals surface area contributed by atoms with Gasteiger partial charge in [-0.25, -0.2) is 0 Å². The number of aliphatic carboxylic acids is 1. The lowest BCUT2D eigenvalue weighted by Crippen LogP contribution is -2.49. The van der Waals surface area contributed by atoms with Crippen LogP contribution >= 0.6 is 0 Å². The highest BCUT2D eigenvalue weighted by atomic mass is 16.5. The number of esters is 1. The molecule has 18 heavy (non-hydrogen) atoms. The fraction of sp³-hybridized carbons (Fsp3) is 0.727. The minimum absolute atomic E-state index is 0.222. The Balaban J connectivity index is 4.63. The van der Waals surface area contributed by atoms with Crippen LogP contribution in [0.3, 0.4) is 0 Å². The Labute approximate surface area is 106 Å². The number of carbonyl (C=O) groups is 3. The van der Waals surface area contributed by atoms with Gasteiger partial charge in [-0.05, 0) is 20.8 Å². The topological polar surface area (TPSA) is 110 Å². The molecule has 1 atom stereocenters. The van der Waals surface area contributed by atoms with Crippen LogP contribution < -0.4 is 5.73 Å². The maximum Gasteiger partial charge on any atom is 0.325 e. The summed E-state index contributed by atoms with van der Waals surface area (Å²) >= 11 is 0. The van der Waals surface area contributed by atoms with Gasteiger partial charge in [0.1, 0.15) is 6.54 Å². The number of carboxylic acid groups (broad SMARTS) is 1. The van der Waals surface area contributed by atoms with E-state index in [2.05, 4.69) is 0 Å². The van der Waals surface area contributed by atoms with Gasteiger partial charge in [0.05, 0.1) is 19.1 Å². The van der Waals surface area contributed by atoms with Crippen LogP contribution in [0.1, 0.15) is 27.2 Å². The molecule has 0 aliphatic carbocycles. The average molecular weight is 260 g/mol. The number of carbonyl (C=O) groups excluding carboxylic acids is 2. The number of nitrogens with two attached hydrogens (primary N) is 1. The van der Waals surface area contributed by atoms with Gasteiger partial charge in [0.15, 0.2) is 0 Å². The summed E-state index contributed by atoms with van der Waals surface area (Å²) in [5.41, 5.74) is 5.48. The van der Waals surface area contributed by atoms with Crippen molar-refractivity contribution in [1.29, 1.82) is 0 Å². The Morgan fingerprint density at radius 3 is 2.28 bits per heavy atom. The number of amides is 1. The van der Waals surface area contributed by atoms with Gasteiger partial charge in [-0.15, -0.1) is 0 Å². The van der Waals surface area contributed by atoms with E-state index in [0.29, 0.717) is 0 Å². The summed E-state index contributed by atoms with van der Waals surface area (Å²) in [7, 11) is 0. The highest BCUT2D eigenvalue weighted by Crippen LogP contribution is 2.04. The molecule has 0 rings (SSSR count). The van der Waals surface area contributed by atoms with Gasteiger partial charge in [0.2, 0.25) is 5.91 Å². The summed E-state index contributed by atoms with van der Waals surface area (Å²) < 4.78 is 4.74. The molecule has 0 aromatic rings. The molecule has 0 heterocycles. The van der Waals surface area contributed by atoms with Gasteiger partial charge in [-0.3, -0.25) is 14.4 Å². The van der Waals surface area contributed by atoms with Crippen LogP contribution in [0.4, 0.5) is 0 Å². The van der Waals surface area contributed by atoms with Crippen LogP contribution in [-0.2, 0) is 19.1 Å². The third-order valence-corrected chi connectivity index (χ3v) is 2.22. The number of hydrogen-bond donors (Lipinski definition) is 2. The van der Waals surface area contributed by atoms with Crippen molar-refractivity contribution < 1.29 is 24.2 Å². The predicted octanol–water partition coefficient (Wildman–Crippen LogP) is -0.411. The molecule has 0 spiro atoms. The fourth-order valence-electron chi connectivity index (χ4n) is 1.35. The molecule has 7 heteroatoms. The first-order valence-electron chi connectivity index (χ1n) is 5.73. The van der Waals surface area contributed by atoms with Gasteiger partial charge in [0.25, 0.3) is 0 Å².